The van der Waals surface area contributed by atoms with Gasteiger partial charge in [-0.2, -0.15) is 0 Å². The molecule has 0 aliphatic rings. The zero-order chi connectivity index (χ0) is 14.6. The van der Waals surface area contributed by atoms with Gasteiger partial charge in [-0.1, -0.05) is 39.8 Å². The summed E-state index contributed by atoms with van der Waals surface area (Å²) in [5.41, 5.74) is 3.76. The topological polar surface area (TPSA) is 37.8 Å². The molecule has 0 spiro atoms. The van der Waals surface area contributed by atoms with Gasteiger partial charge >= 0.3 is 0 Å². The lowest BCUT2D eigenvalue weighted by molar-refractivity contribution is 0.587. The van der Waals surface area contributed by atoms with E-state index in [1.54, 1.807) is 0 Å². The van der Waals surface area contributed by atoms with E-state index < -0.39 is 0 Å². The average Bonchev–Trinajstić information content (AvgIpc) is 2.45. The summed E-state index contributed by atoms with van der Waals surface area (Å²) in [6, 6.07) is 8.28. The molecule has 2 heterocycles. The molecule has 0 bridgehead atoms. The summed E-state index contributed by atoms with van der Waals surface area (Å²) in [6.07, 6.45) is 4.79. The van der Waals surface area contributed by atoms with Gasteiger partial charge in [0.15, 0.2) is 0 Å². The highest BCUT2D eigenvalue weighted by Gasteiger charge is 2.13. The molecule has 2 aromatic heterocycles. The van der Waals surface area contributed by atoms with Crippen LogP contribution < -0.4 is 5.32 Å². The van der Waals surface area contributed by atoms with Gasteiger partial charge in [0.25, 0.3) is 0 Å². The molecule has 0 radical (unpaired) electrons. The molecule has 0 aliphatic carbocycles. The lowest BCUT2D eigenvalue weighted by atomic mass is 9.88. The first-order chi connectivity index (χ1) is 9.50. The highest BCUT2D eigenvalue weighted by molar-refractivity contribution is 5.38. The number of nitrogens with zero attached hydrogens (tertiary/aromatic N) is 2. The second kappa shape index (κ2) is 6.04. The molecule has 0 aliphatic heterocycles. The van der Waals surface area contributed by atoms with E-state index in [4.69, 9.17) is 0 Å². The van der Waals surface area contributed by atoms with Crippen LogP contribution in [0.1, 0.15) is 44.5 Å². The Kier molecular flexibility index (Phi) is 4.38. The molecular weight excluding hydrogens is 246 g/mol. The van der Waals surface area contributed by atoms with E-state index in [0.29, 0.717) is 6.54 Å². The quantitative estimate of drug-likeness (QED) is 0.913. The number of rotatable bonds is 4. The summed E-state index contributed by atoms with van der Waals surface area (Å²) in [7, 11) is 0. The van der Waals surface area contributed by atoms with Gasteiger partial charge in [-0.3, -0.25) is 4.98 Å². The molecule has 0 amide bonds. The molecule has 0 unspecified atom stereocenters. The van der Waals surface area contributed by atoms with Crippen molar-refractivity contribution in [3.8, 4) is 0 Å². The molecule has 106 valence electrons. The van der Waals surface area contributed by atoms with E-state index in [2.05, 4.69) is 55.1 Å². The van der Waals surface area contributed by atoms with Crippen LogP contribution in [0.25, 0.3) is 0 Å². The highest BCUT2D eigenvalue weighted by Crippen LogP contribution is 2.22. The minimum absolute atomic E-state index is 0.141. The second-order valence-corrected chi connectivity index (χ2v) is 6.00. The standard InChI is InChI=1S/C17H23N3/c1-5-13-7-6-10-18-15(13)12-20-16-9-8-14(11-19-16)17(2,3)4/h6-11H,5,12H2,1-4H3,(H,19,20). The molecular formula is C17H23N3. The summed E-state index contributed by atoms with van der Waals surface area (Å²) in [5, 5.41) is 3.34. The van der Waals surface area contributed by atoms with E-state index >= 15 is 0 Å². The molecule has 20 heavy (non-hydrogen) atoms. The number of aryl methyl sites for hydroxylation is 1. The minimum Gasteiger partial charge on any atom is -0.364 e. The third-order valence-electron chi connectivity index (χ3n) is 3.43. The van der Waals surface area contributed by atoms with Gasteiger partial charge in [-0.15, -0.1) is 0 Å². The van der Waals surface area contributed by atoms with Crippen molar-refractivity contribution in [1.29, 1.82) is 0 Å². The van der Waals surface area contributed by atoms with Crippen LogP contribution in [-0.4, -0.2) is 9.97 Å². The zero-order valence-corrected chi connectivity index (χ0v) is 12.8. The van der Waals surface area contributed by atoms with Crippen molar-refractivity contribution < 1.29 is 0 Å². The molecule has 3 nitrogen and oxygen atoms in total. The Bertz CT molecular complexity index is 553. The molecule has 0 aromatic carbocycles. The lowest BCUT2D eigenvalue weighted by Gasteiger charge is -2.18. The van der Waals surface area contributed by atoms with Crippen molar-refractivity contribution in [2.75, 3.05) is 5.32 Å². The molecule has 1 N–H and O–H groups in total. The first-order valence-corrected chi connectivity index (χ1v) is 7.14. The summed E-state index contributed by atoms with van der Waals surface area (Å²) in [4.78, 5) is 8.91. The van der Waals surface area contributed by atoms with Gasteiger partial charge in [-0.05, 0) is 35.1 Å². The first-order valence-electron chi connectivity index (χ1n) is 7.14. The molecule has 0 saturated heterocycles. The zero-order valence-electron chi connectivity index (χ0n) is 12.8. The smallest absolute Gasteiger partial charge is 0.126 e. The van der Waals surface area contributed by atoms with E-state index in [9.17, 15) is 0 Å². The number of pyridine rings is 2. The van der Waals surface area contributed by atoms with Gasteiger partial charge in [0.2, 0.25) is 0 Å². The van der Waals surface area contributed by atoms with Crippen molar-refractivity contribution in [1.82, 2.24) is 9.97 Å². The summed E-state index contributed by atoms with van der Waals surface area (Å²) >= 11 is 0. The monoisotopic (exact) mass is 269 g/mol. The maximum atomic E-state index is 4.48. The van der Waals surface area contributed by atoms with Gasteiger partial charge in [0.1, 0.15) is 5.82 Å². The van der Waals surface area contributed by atoms with Crippen LogP contribution >= 0.6 is 0 Å². The molecule has 2 rings (SSSR count). The Morgan fingerprint density at radius 1 is 1.10 bits per heavy atom. The highest BCUT2D eigenvalue weighted by atomic mass is 15.0. The van der Waals surface area contributed by atoms with Gasteiger partial charge in [-0.25, -0.2) is 4.98 Å². The van der Waals surface area contributed by atoms with E-state index in [1.165, 1.54) is 11.1 Å². The lowest BCUT2D eigenvalue weighted by Crippen LogP contribution is -2.12. The molecule has 0 saturated carbocycles. The second-order valence-electron chi connectivity index (χ2n) is 6.00. The van der Waals surface area contributed by atoms with Crippen LogP contribution in [0.15, 0.2) is 36.7 Å². The van der Waals surface area contributed by atoms with Gasteiger partial charge in [0, 0.05) is 12.4 Å². The van der Waals surface area contributed by atoms with E-state index in [1.807, 2.05) is 24.5 Å². The third-order valence-corrected chi connectivity index (χ3v) is 3.43. The van der Waals surface area contributed by atoms with Crippen LogP contribution in [0, 0.1) is 0 Å². The fourth-order valence-corrected chi connectivity index (χ4v) is 2.07. The van der Waals surface area contributed by atoms with Crippen molar-refractivity contribution in [2.24, 2.45) is 0 Å². The van der Waals surface area contributed by atoms with Crippen LogP contribution in [0.4, 0.5) is 5.82 Å². The van der Waals surface area contributed by atoms with Crippen LogP contribution in [0.5, 0.6) is 0 Å². The van der Waals surface area contributed by atoms with Crippen molar-refractivity contribution in [2.45, 2.75) is 46.1 Å². The maximum Gasteiger partial charge on any atom is 0.126 e. The Balaban J connectivity index is 2.04. The number of nitrogens with one attached hydrogen (secondary N) is 1. The Morgan fingerprint density at radius 2 is 1.90 bits per heavy atom. The molecule has 0 atom stereocenters. The number of hydrogen-bond donors (Lipinski definition) is 1. The van der Waals surface area contributed by atoms with E-state index in [-0.39, 0.29) is 5.41 Å². The molecule has 3 heteroatoms. The van der Waals surface area contributed by atoms with Crippen molar-refractivity contribution >= 4 is 5.82 Å². The fourth-order valence-electron chi connectivity index (χ4n) is 2.07. The minimum atomic E-state index is 0.141. The Hall–Kier alpha value is -1.90. The average molecular weight is 269 g/mol. The van der Waals surface area contributed by atoms with Crippen molar-refractivity contribution in [3.63, 3.8) is 0 Å². The third kappa shape index (κ3) is 3.56. The van der Waals surface area contributed by atoms with Crippen LogP contribution in [-0.2, 0) is 18.4 Å². The summed E-state index contributed by atoms with van der Waals surface area (Å²) in [5.74, 6) is 0.894. The van der Waals surface area contributed by atoms with Crippen LogP contribution in [0.3, 0.4) is 0 Å². The summed E-state index contributed by atoms with van der Waals surface area (Å²) in [6.45, 7) is 9.44. The predicted molar refractivity (Wildman–Crippen MR) is 83.9 cm³/mol. The first kappa shape index (κ1) is 14.5. The Labute approximate surface area is 121 Å². The maximum absolute atomic E-state index is 4.48. The predicted octanol–water partition coefficient (Wildman–Crippen LogP) is 3.95. The molecule has 0 fully saturated rings. The van der Waals surface area contributed by atoms with E-state index in [0.717, 1.165) is 17.9 Å². The van der Waals surface area contributed by atoms with Crippen molar-refractivity contribution in [3.05, 3.63) is 53.5 Å². The number of anilines is 1. The SMILES string of the molecule is CCc1cccnc1CNc1ccc(C(C)(C)C)cn1. The van der Waals surface area contributed by atoms with Crippen LogP contribution in [0.2, 0.25) is 0 Å². The Morgan fingerprint density at radius 3 is 2.50 bits per heavy atom. The fraction of sp³-hybridized carbons (Fsp3) is 0.412. The summed E-state index contributed by atoms with van der Waals surface area (Å²) < 4.78 is 0. The largest absolute Gasteiger partial charge is 0.364 e. The number of hydrogen-bond acceptors (Lipinski definition) is 3. The number of aromatic nitrogens is 2. The van der Waals surface area contributed by atoms with Gasteiger partial charge < -0.3 is 5.32 Å². The van der Waals surface area contributed by atoms with Gasteiger partial charge in [0.05, 0.1) is 12.2 Å². The molecule has 2 aromatic rings. The normalized spacial score (nSPS) is 11.4.